The van der Waals surface area contributed by atoms with Gasteiger partial charge in [-0.05, 0) is 100 Å². The van der Waals surface area contributed by atoms with Gasteiger partial charge in [-0.3, -0.25) is 0 Å². The second-order valence-electron chi connectivity index (χ2n) is 13.2. The van der Waals surface area contributed by atoms with Crippen LogP contribution in [0.25, 0.3) is 44.9 Å². The molecule has 1 aliphatic carbocycles. The Bertz CT molecular complexity index is 2370. The highest BCUT2D eigenvalue weighted by atomic mass is 16.5. The molecular weight excluding hydrogens is 609 g/mol. The second-order valence-corrected chi connectivity index (χ2v) is 13.2. The van der Waals surface area contributed by atoms with Gasteiger partial charge in [-0.1, -0.05) is 135 Å². The molecule has 244 valence electrons. The van der Waals surface area contributed by atoms with E-state index in [0.717, 1.165) is 63.2 Å². The number of ether oxygens (including phenoxy) is 1. The number of hydrogen-bond acceptors (Lipinski definition) is 2. The molecule has 8 rings (SSSR count). The summed E-state index contributed by atoms with van der Waals surface area (Å²) in [4.78, 5) is 0. The number of fused-ring (bicyclic) bond motifs is 6. The number of para-hydroxylation sites is 1. The Labute approximate surface area is 295 Å². The molecule has 0 radical (unpaired) electrons. The summed E-state index contributed by atoms with van der Waals surface area (Å²) in [6, 6.07) is 43.3. The number of furan rings is 1. The minimum Gasteiger partial charge on any atom is -0.485 e. The minimum absolute atomic E-state index is 0.0118. The smallest absolute Gasteiger partial charge is 0.135 e. The molecule has 1 aliphatic heterocycles. The van der Waals surface area contributed by atoms with E-state index in [1.165, 1.54) is 44.5 Å². The fourth-order valence-electron chi connectivity index (χ4n) is 7.53. The zero-order chi connectivity index (χ0) is 34.2. The molecule has 6 aromatic rings. The summed E-state index contributed by atoms with van der Waals surface area (Å²) in [7, 11) is 0. The molecule has 2 heterocycles. The van der Waals surface area contributed by atoms with Gasteiger partial charge < -0.3 is 9.15 Å². The third-order valence-electron chi connectivity index (χ3n) is 10.0. The van der Waals surface area contributed by atoms with Crippen LogP contribution in [0.2, 0.25) is 0 Å². The molecule has 1 aromatic heterocycles. The van der Waals surface area contributed by atoms with Gasteiger partial charge in [-0.2, -0.15) is 0 Å². The van der Waals surface area contributed by atoms with Crippen LogP contribution in [0.5, 0.6) is 5.75 Å². The molecule has 1 atom stereocenters. The van der Waals surface area contributed by atoms with Crippen molar-refractivity contribution in [1.82, 2.24) is 0 Å². The first-order valence-electron chi connectivity index (χ1n) is 17.5. The lowest BCUT2D eigenvalue weighted by molar-refractivity contribution is 0.265. The van der Waals surface area contributed by atoms with Crippen LogP contribution in [0, 0.1) is 0 Å². The van der Waals surface area contributed by atoms with Crippen LogP contribution in [0.4, 0.5) is 0 Å². The summed E-state index contributed by atoms with van der Waals surface area (Å²) >= 11 is 0. The predicted molar refractivity (Wildman–Crippen MR) is 210 cm³/mol. The van der Waals surface area contributed by atoms with Crippen molar-refractivity contribution < 1.29 is 9.15 Å². The summed E-state index contributed by atoms with van der Waals surface area (Å²) in [5.74, 6) is 1.93. The number of rotatable bonds is 8. The molecular formula is C48H40O2. The maximum absolute atomic E-state index is 6.62. The molecule has 0 amide bonds. The van der Waals surface area contributed by atoms with Crippen molar-refractivity contribution in [2.75, 3.05) is 0 Å². The minimum atomic E-state index is -0.0118. The van der Waals surface area contributed by atoms with Crippen molar-refractivity contribution in [3.63, 3.8) is 0 Å². The van der Waals surface area contributed by atoms with E-state index >= 15 is 0 Å². The standard InChI is InChI=1S/C48H40O2/c1-5-7-15-32(4)48(35-24-22-34(23-25-35)33-16-9-8-10-17-33)40-20-12-11-19-39(40)47(31(3)6-2)36-26-27-38-42-29-41-37-18-13-14-21-43(37)49-45(41)30-46(42)50-44(38)28-36/h6-29,45H,2,5,30H2,1,3-4H3/b15-7-,47-31+,48-32+. The lowest BCUT2D eigenvalue weighted by atomic mass is 9.83. The topological polar surface area (TPSA) is 22.4 Å². The molecule has 2 aliphatic rings. The Kier molecular flexibility index (Phi) is 8.30. The van der Waals surface area contributed by atoms with E-state index in [-0.39, 0.29) is 6.10 Å². The molecule has 0 saturated carbocycles. The van der Waals surface area contributed by atoms with Crippen LogP contribution in [0.3, 0.4) is 0 Å². The normalized spacial score (nSPS) is 15.8. The fourth-order valence-corrected chi connectivity index (χ4v) is 7.53. The Morgan fingerprint density at radius 3 is 2.14 bits per heavy atom. The first kappa shape index (κ1) is 31.4. The quantitative estimate of drug-likeness (QED) is 0.153. The maximum atomic E-state index is 6.62. The SMILES string of the molecule is C=C/C(C)=C(\c1ccc2c3c(oc2c1)CC1Oc2ccccc2C1=C3)c1ccccc1/C(=C(C)/C=C\CC)c1ccc(-c2ccccc2)cc1. The highest BCUT2D eigenvalue weighted by Crippen LogP contribution is 2.46. The average Bonchev–Trinajstić information content (AvgIpc) is 3.71. The Morgan fingerprint density at radius 2 is 1.40 bits per heavy atom. The van der Waals surface area contributed by atoms with Gasteiger partial charge in [0.05, 0.1) is 0 Å². The summed E-state index contributed by atoms with van der Waals surface area (Å²) in [6.07, 6.45) is 10.4. The summed E-state index contributed by atoms with van der Waals surface area (Å²) < 4.78 is 12.9. The molecule has 0 N–H and O–H groups in total. The van der Waals surface area contributed by atoms with E-state index < -0.39 is 0 Å². The summed E-state index contributed by atoms with van der Waals surface area (Å²) in [5, 5.41) is 1.13. The molecule has 1 unspecified atom stereocenters. The van der Waals surface area contributed by atoms with Crippen molar-refractivity contribution in [1.29, 1.82) is 0 Å². The van der Waals surface area contributed by atoms with Crippen molar-refractivity contribution in [3.05, 3.63) is 196 Å². The largest absolute Gasteiger partial charge is 0.485 e. The first-order chi connectivity index (χ1) is 24.5. The third-order valence-corrected chi connectivity index (χ3v) is 10.0. The third kappa shape index (κ3) is 5.57. The van der Waals surface area contributed by atoms with Gasteiger partial charge in [0.15, 0.2) is 0 Å². The van der Waals surface area contributed by atoms with Crippen LogP contribution in [-0.4, -0.2) is 6.10 Å². The summed E-state index contributed by atoms with van der Waals surface area (Å²) in [5.41, 5.74) is 16.2. The van der Waals surface area contributed by atoms with E-state index in [2.05, 4.69) is 161 Å². The van der Waals surface area contributed by atoms with Crippen LogP contribution in [0.1, 0.15) is 66.3 Å². The number of hydrogen-bond donors (Lipinski definition) is 0. The lowest BCUT2D eigenvalue weighted by Gasteiger charge is -2.20. The fraction of sp³-hybridized carbons (Fsp3) is 0.125. The van der Waals surface area contributed by atoms with Crippen LogP contribution in [0.15, 0.2) is 162 Å². The molecule has 0 saturated heterocycles. The molecule has 2 heteroatoms. The Morgan fingerprint density at radius 1 is 0.740 bits per heavy atom. The van der Waals surface area contributed by atoms with Crippen molar-refractivity contribution in [3.8, 4) is 16.9 Å². The molecule has 0 fully saturated rings. The lowest BCUT2D eigenvalue weighted by Crippen LogP contribution is -2.18. The van der Waals surface area contributed by atoms with Crippen LogP contribution in [-0.2, 0) is 6.42 Å². The van der Waals surface area contributed by atoms with Crippen molar-refractivity contribution in [2.45, 2.75) is 39.7 Å². The first-order valence-corrected chi connectivity index (χ1v) is 17.5. The van der Waals surface area contributed by atoms with Crippen LogP contribution >= 0.6 is 0 Å². The van der Waals surface area contributed by atoms with E-state index in [4.69, 9.17) is 9.15 Å². The Hall–Kier alpha value is -5.86. The second kappa shape index (κ2) is 13.2. The molecule has 0 bridgehead atoms. The zero-order valence-corrected chi connectivity index (χ0v) is 28.9. The van der Waals surface area contributed by atoms with Gasteiger partial charge in [-0.15, -0.1) is 0 Å². The van der Waals surface area contributed by atoms with Crippen LogP contribution < -0.4 is 4.74 Å². The number of benzene rings is 5. The van der Waals surface area contributed by atoms with E-state index in [1.54, 1.807) is 0 Å². The summed E-state index contributed by atoms with van der Waals surface area (Å²) in [6.45, 7) is 10.8. The molecule has 0 spiro atoms. The highest BCUT2D eigenvalue weighted by Gasteiger charge is 2.34. The van der Waals surface area contributed by atoms with Gasteiger partial charge in [0.1, 0.15) is 23.2 Å². The maximum Gasteiger partial charge on any atom is 0.135 e. The van der Waals surface area contributed by atoms with Gasteiger partial charge in [0, 0.05) is 28.5 Å². The van der Waals surface area contributed by atoms with E-state index in [9.17, 15) is 0 Å². The van der Waals surface area contributed by atoms with Crippen molar-refractivity contribution >= 4 is 33.8 Å². The number of allylic oxidation sites excluding steroid dienone is 5. The van der Waals surface area contributed by atoms with Gasteiger partial charge in [0.2, 0.25) is 0 Å². The van der Waals surface area contributed by atoms with Gasteiger partial charge in [0.25, 0.3) is 0 Å². The zero-order valence-electron chi connectivity index (χ0n) is 28.9. The average molecular weight is 649 g/mol. The van der Waals surface area contributed by atoms with E-state index in [0.29, 0.717) is 0 Å². The molecule has 2 nitrogen and oxygen atoms in total. The van der Waals surface area contributed by atoms with Gasteiger partial charge in [-0.25, -0.2) is 0 Å². The van der Waals surface area contributed by atoms with Crippen molar-refractivity contribution in [2.24, 2.45) is 0 Å². The predicted octanol–water partition coefficient (Wildman–Crippen LogP) is 12.8. The van der Waals surface area contributed by atoms with Gasteiger partial charge >= 0.3 is 0 Å². The molecule has 5 aromatic carbocycles. The highest BCUT2D eigenvalue weighted by molar-refractivity contribution is 6.01. The monoisotopic (exact) mass is 648 g/mol. The molecule has 50 heavy (non-hydrogen) atoms. The Balaban J connectivity index is 1.24. The van der Waals surface area contributed by atoms with E-state index in [1.807, 2.05) is 12.1 Å².